The van der Waals surface area contributed by atoms with Gasteiger partial charge in [-0.3, -0.25) is 14.6 Å². The predicted octanol–water partition coefficient (Wildman–Crippen LogP) is 1.65. The van der Waals surface area contributed by atoms with Crippen LogP contribution in [0.5, 0.6) is 0 Å². The molecule has 2 rings (SSSR count). The van der Waals surface area contributed by atoms with E-state index >= 15 is 0 Å². The average molecular weight is 364 g/mol. The quantitative estimate of drug-likeness (QED) is 0.615. The van der Waals surface area contributed by atoms with Crippen LogP contribution in [-0.4, -0.2) is 70.7 Å². The fourth-order valence-corrected chi connectivity index (χ4v) is 2.91. The summed E-state index contributed by atoms with van der Waals surface area (Å²) in [7, 11) is 0. The topological polar surface area (TPSA) is 81.8 Å². The molecule has 1 amide bonds. The number of aliphatic hydroxyl groups is 1. The largest absolute Gasteiger partial charge is 0.447 e. The summed E-state index contributed by atoms with van der Waals surface area (Å²) in [6.45, 7) is 12.6. The van der Waals surface area contributed by atoms with Crippen LogP contribution >= 0.6 is 0 Å². The van der Waals surface area contributed by atoms with Crippen LogP contribution in [0.3, 0.4) is 0 Å². The van der Waals surface area contributed by atoms with E-state index in [1.807, 2.05) is 19.9 Å². The predicted molar refractivity (Wildman–Crippen MR) is 101 cm³/mol. The molecule has 0 radical (unpaired) electrons. The van der Waals surface area contributed by atoms with Gasteiger partial charge in [0.15, 0.2) is 5.69 Å². The molecule has 2 N–H and O–H groups in total. The molecule has 1 aromatic rings. The Kier molecular flexibility index (Phi) is 8.28. The molecule has 1 fully saturated rings. The second kappa shape index (κ2) is 10.4. The van der Waals surface area contributed by atoms with Gasteiger partial charge in [0.05, 0.1) is 12.6 Å². The number of piperazine rings is 1. The second-order valence-electron chi connectivity index (χ2n) is 7.01. The molecule has 0 bridgehead atoms. The Morgan fingerprint density at radius 1 is 1.42 bits per heavy atom. The van der Waals surface area contributed by atoms with Crippen LogP contribution in [0.2, 0.25) is 0 Å². The molecule has 146 valence electrons. The molecule has 1 aliphatic rings. The number of β-amino-alcohol motifs (C(OH)–C–C–N with tert-alkyl or cyclic N) is 1. The summed E-state index contributed by atoms with van der Waals surface area (Å²) in [6.07, 6.45) is 5.47. The van der Waals surface area contributed by atoms with Gasteiger partial charge in [-0.1, -0.05) is 13.0 Å². The molecule has 2 atom stereocenters. The Morgan fingerprint density at radius 3 is 2.77 bits per heavy atom. The zero-order valence-corrected chi connectivity index (χ0v) is 16.0. The Morgan fingerprint density at radius 2 is 2.12 bits per heavy atom. The van der Waals surface area contributed by atoms with Crippen molar-refractivity contribution in [1.82, 2.24) is 20.1 Å². The van der Waals surface area contributed by atoms with Crippen LogP contribution in [0.25, 0.3) is 0 Å². The maximum Gasteiger partial charge on any atom is 0.273 e. The Bertz CT molecular complexity index is 567. The van der Waals surface area contributed by atoms with Crippen LogP contribution in [0.4, 0.5) is 0 Å². The lowest BCUT2D eigenvalue weighted by atomic mass is 10.1. The summed E-state index contributed by atoms with van der Waals surface area (Å²) in [5, 5.41) is 12.9. The molecule has 1 saturated heterocycles. The highest BCUT2D eigenvalue weighted by molar-refractivity contribution is 5.92. The first-order valence-corrected chi connectivity index (χ1v) is 9.50. The van der Waals surface area contributed by atoms with Crippen molar-refractivity contribution < 1.29 is 14.3 Å². The van der Waals surface area contributed by atoms with Crippen molar-refractivity contribution in [2.75, 3.05) is 32.7 Å². The van der Waals surface area contributed by atoms with Gasteiger partial charge < -0.3 is 14.8 Å². The standard InChI is InChI=1S/C19H32N4O3/c1-4-6-7-16(24)12-22-8-10-23(11-9-22)13-18-21-17(14-26-18)19(25)20-15(3)5-2/h4,14-16,24H,1,5-13H2,2-3H3,(H,20,25)/t15-,16+/m0/s1. The highest BCUT2D eigenvalue weighted by Crippen LogP contribution is 2.11. The summed E-state index contributed by atoms with van der Waals surface area (Å²) < 4.78 is 5.46. The van der Waals surface area contributed by atoms with Crippen LogP contribution in [0.15, 0.2) is 23.3 Å². The molecular formula is C19H32N4O3. The Balaban J connectivity index is 1.74. The van der Waals surface area contributed by atoms with Gasteiger partial charge in [0.2, 0.25) is 5.89 Å². The number of oxazole rings is 1. The molecule has 7 nitrogen and oxygen atoms in total. The number of hydrogen-bond donors (Lipinski definition) is 2. The number of aromatic nitrogens is 1. The number of carbonyl (C=O) groups is 1. The van der Waals surface area contributed by atoms with Gasteiger partial charge in [0, 0.05) is 38.8 Å². The Labute approximate surface area is 156 Å². The first-order valence-electron chi connectivity index (χ1n) is 9.50. The fourth-order valence-electron chi connectivity index (χ4n) is 2.91. The second-order valence-corrected chi connectivity index (χ2v) is 7.01. The highest BCUT2D eigenvalue weighted by atomic mass is 16.3. The summed E-state index contributed by atoms with van der Waals surface area (Å²) in [5.41, 5.74) is 0.337. The molecule has 0 aromatic carbocycles. The lowest BCUT2D eigenvalue weighted by molar-refractivity contribution is 0.0642. The third kappa shape index (κ3) is 6.55. The van der Waals surface area contributed by atoms with E-state index in [4.69, 9.17) is 4.42 Å². The normalized spacial score (nSPS) is 18.4. The third-order valence-electron chi connectivity index (χ3n) is 4.77. The van der Waals surface area contributed by atoms with E-state index in [9.17, 15) is 9.90 Å². The summed E-state index contributed by atoms with van der Waals surface area (Å²) in [5.74, 6) is 0.381. The monoisotopic (exact) mass is 364 g/mol. The summed E-state index contributed by atoms with van der Waals surface area (Å²) in [4.78, 5) is 20.9. The molecule has 0 spiro atoms. The minimum Gasteiger partial charge on any atom is -0.447 e. The van der Waals surface area contributed by atoms with Crippen LogP contribution in [-0.2, 0) is 6.54 Å². The van der Waals surface area contributed by atoms with Crippen LogP contribution in [0.1, 0.15) is 49.5 Å². The molecule has 0 unspecified atom stereocenters. The van der Waals surface area contributed by atoms with Crippen LogP contribution in [0, 0.1) is 0 Å². The number of amides is 1. The van der Waals surface area contributed by atoms with E-state index in [1.165, 1.54) is 6.26 Å². The van der Waals surface area contributed by atoms with Gasteiger partial charge >= 0.3 is 0 Å². The molecule has 7 heteroatoms. The maximum absolute atomic E-state index is 12.1. The number of rotatable bonds is 10. The Hall–Kier alpha value is -1.70. The fraction of sp³-hybridized carbons (Fsp3) is 0.684. The molecule has 1 aliphatic heterocycles. The van der Waals surface area contributed by atoms with Crippen LogP contribution < -0.4 is 5.32 Å². The van der Waals surface area contributed by atoms with Crippen molar-refractivity contribution in [2.24, 2.45) is 0 Å². The van der Waals surface area contributed by atoms with Gasteiger partial charge in [0.25, 0.3) is 5.91 Å². The smallest absolute Gasteiger partial charge is 0.273 e. The highest BCUT2D eigenvalue weighted by Gasteiger charge is 2.21. The minimum atomic E-state index is -0.294. The van der Waals surface area contributed by atoms with E-state index in [0.29, 0.717) is 24.7 Å². The summed E-state index contributed by atoms with van der Waals surface area (Å²) >= 11 is 0. The molecule has 26 heavy (non-hydrogen) atoms. The van der Waals surface area contributed by atoms with Gasteiger partial charge in [0.1, 0.15) is 6.26 Å². The third-order valence-corrected chi connectivity index (χ3v) is 4.77. The number of nitrogens with one attached hydrogen (secondary N) is 1. The van der Waals surface area contributed by atoms with Gasteiger partial charge in [-0.05, 0) is 26.2 Å². The van der Waals surface area contributed by atoms with E-state index < -0.39 is 0 Å². The first-order chi connectivity index (χ1) is 12.5. The molecular weight excluding hydrogens is 332 g/mol. The zero-order chi connectivity index (χ0) is 18.9. The van der Waals surface area contributed by atoms with Gasteiger partial charge in [-0.15, -0.1) is 6.58 Å². The van der Waals surface area contributed by atoms with Crippen molar-refractivity contribution in [2.45, 2.75) is 51.8 Å². The number of carbonyl (C=O) groups excluding carboxylic acids is 1. The SMILES string of the molecule is C=CCC[C@@H](O)CN1CCN(Cc2nc(C(=O)N[C@@H](C)CC)co2)CC1. The van der Waals surface area contributed by atoms with Crippen molar-refractivity contribution in [3.63, 3.8) is 0 Å². The first kappa shape index (κ1) is 20.6. The number of hydrogen-bond acceptors (Lipinski definition) is 6. The van der Waals surface area contributed by atoms with Crippen molar-refractivity contribution >= 4 is 5.91 Å². The van der Waals surface area contributed by atoms with Crippen molar-refractivity contribution in [3.8, 4) is 0 Å². The number of aliphatic hydroxyl groups excluding tert-OH is 1. The zero-order valence-electron chi connectivity index (χ0n) is 16.0. The number of allylic oxidation sites excluding steroid dienone is 1. The minimum absolute atomic E-state index is 0.123. The van der Waals surface area contributed by atoms with Gasteiger partial charge in [-0.2, -0.15) is 0 Å². The van der Waals surface area contributed by atoms with Crippen molar-refractivity contribution in [3.05, 3.63) is 30.5 Å². The maximum atomic E-state index is 12.1. The molecule has 1 aromatic heterocycles. The molecule has 0 aliphatic carbocycles. The lowest BCUT2D eigenvalue weighted by Crippen LogP contribution is -2.48. The molecule has 0 saturated carbocycles. The average Bonchev–Trinajstić information content (AvgIpc) is 3.10. The molecule has 2 heterocycles. The van der Waals surface area contributed by atoms with E-state index in [0.717, 1.165) is 45.4 Å². The van der Waals surface area contributed by atoms with E-state index in [1.54, 1.807) is 0 Å². The van der Waals surface area contributed by atoms with Crippen molar-refractivity contribution in [1.29, 1.82) is 0 Å². The number of nitrogens with zero attached hydrogens (tertiary/aromatic N) is 3. The summed E-state index contributed by atoms with van der Waals surface area (Å²) in [6, 6.07) is 0.123. The van der Waals surface area contributed by atoms with E-state index in [-0.39, 0.29) is 18.1 Å². The van der Waals surface area contributed by atoms with Gasteiger partial charge in [-0.25, -0.2) is 4.98 Å². The lowest BCUT2D eigenvalue weighted by Gasteiger charge is -2.34. The van der Waals surface area contributed by atoms with E-state index in [2.05, 4.69) is 26.7 Å².